The molecular weight excluding hydrogens is 829 g/mol. The molecule has 370 valence electrons. The first-order valence-corrected chi connectivity index (χ1v) is 24.2. The third kappa shape index (κ3) is 24.8. The van der Waals surface area contributed by atoms with Crippen molar-refractivity contribution < 1.29 is 73.8 Å². The number of carbonyl (C=O) groups is 2. The Morgan fingerprint density at radius 1 is 0.500 bits per heavy atom. The van der Waals surface area contributed by atoms with Crippen molar-refractivity contribution in [3.63, 3.8) is 0 Å². The third-order valence-corrected chi connectivity index (χ3v) is 11.3. The van der Waals surface area contributed by atoms with Gasteiger partial charge in [-0.25, -0.2) is 0 Å². The van der Waals surface area contributed by atoms with E-state index in [0.29, 0.717) is 12.8 Å². The van der Waals surface area contributed by atoms with Gasteiger partial charge >= 0.3 is 11.9 Å². The number of allylic oxidation sites excluding steroid dienone is 8. The molecule has 7 N–H and O–H groups in total. The fraction of sp³-hybridized carbons (Fsp3) is 0.796. The number of aliphatic hydroxyl groups excluding tert-OH is 7. The summed E-state index contributed by atoms with van der Waals surface area (Å²) in [4.78, 5) is 25.7. The monoisotopic (exact) mass is 913 g/mol. The second kappa shape index (κ2) is 36.6. The summed E-state index contributed by atoms with van der Waals surface area (Å²) in [6.45, 7) is 2.47. The van der Waals surface area contributed by atoms with Crippen LogP contribution in [0.5, 0.6) is 0 Å². The maximum atomic E-state index is 12.9. The molecule has 0 aromatic rings. The molecule has 15 nitrogen and oxygen atoms in total. The van der Waals surface area contributed by atoms with Gasteiger partial charge in [0.2, 0.25) is 0 Å². The summed E-state index contributed by atoms with van der Waals surface area (Å²) in [5, 5.41) is 71.9. The van der Waals surface area contributed by atoms with Gasteiger partial charge in [0.25, 0.3) is 0 Å². The van der Waals surface area contributed by atoms with Crippen LogP contribution in [0.4, 0.5) is 0 Å². The van der Waals surface area contributed by atoms with Gasteiger partial charge in [-0.3, -0.25) is 9.59 Å². The van der Waals surface area contributed by atoms with E-state index >= 15 is 0 Å². The van der Waals surface area contributed by atoms with E-state index in [1.165, 1.54) is 57.8 Å². The van der Waals surface area contributed by atoms with Crippen LogP contribution in [0.15, 0.2) is 48.6 Å². The minimum absolute atomic E-state index is 0.135. The van der Waals surface area contributed by atoms with Gasteiger partial charge in [-0.05, 0) is 77.0 Å². The van der Waals surface area contributed by atoms with E-state index in [2.05, 4.69) is 62.5 Å². The lowest BCUT2D eigenvalue weighted by molar-refractivity contribution is -0.332. The summed E-state index contributed by atoms with van der Waals surface area (Å²) in [7, 11) is 0. The minimum atomic E-state index is -1.77. The molecule has 2 aliphatic heterocycles. The van der Waals surface area contributed by atoms with Crippen molar-refractivity contribution in [3.8, 4) is 0 Å². The average Bonchev–Trinajstić information content (AvgIpc) is 3.29. The van der Waals surface area contributed by atoms with Crippen LogP contribution in [-0.2, 0) is 38.0 Å². The average molecular weight is 913 g/mol. The lowest BCUT2D eigenvalue weighted by Gasteiger charge is -2.42. The Kier molecular flexibility index (Phi) is 32.9. The summed E-state index contributed by atoms with van der Waals surface area (Å²) in [6.07, 6.45) is 21.5. The highest BCUT2D eigenvalue weighted by atomic mass is 16.7. The molecule has 15 heteroatoms. The maximum Gasteiger partial charge on any atom is 0.306 e. The number of esters is 2. The predicted octanol–water partition coefficient (Wildman–Crippen LogP) is 5.93. The maximum absolute atomic E-state index is 12.9. The van der Waals surface area contributed by atoms with E-state index in [1.807, 2.05) is 0 Å². The van der Waals surface area contributed by atoms with Gasteiger partial charge in [0.1, 0.15) is 55.4 Å². The standard InChI is InChI=1S/C49H84O15/c1-3-5-7-9-11-13-15-17-18-20-21-23-25-27-29-31-40(51)59-34-37(62-41(52)32-30-28-26-24-22-19-16-14-12-10-8-6-4-2)35-60-48-47(58)45(56)43(54)39(64-48)36-61-49-46(57)44(55)42(53)38(33-50)63-49/h11,13,17-19,21-23,37-39,42-50,53-58H,3-10,12,14-16,20,24-36H2,1-2H3/b13-11+,18-17+,22-19+,23-21+/t37-,38-,39-,42+,43+,44?,45?,46?,47?,48-,49-/m1/s1. The molecule has 0 amide bonds. The smallest absolute Gasteiger partial charge is 0.306 e. The first-order valence-electron chi connectivity index (χ1n) is 24.2. The third-order valence-electron chi connectivity index (χ3n) is 11.3. The van der Waals surface area contributed by atoms with Crippen LogP contribution in [0.25, 0.3) is 0 Å². The van der Waals surface area contributed by atoms with Crippen molar-refractivity contribution in [3.05, 3.63) is 48.6 Å². The fourth-order valence-corrected chi connectivity index (χ4v) is 7.22. The van der Waals surface area contributed by atoms with Crippen molar-refractivity contribution in [1.82, 2.24) is 0 Å². The Morgan fingerprint density at radius 3 is 1.55 bits per heavy atom. The zero-order valence-corrected chi connectivity index (χ0v) is 38.8. The molecule has 0 radical (unpaired) electrons. The second-order valence-electron chi connectivity index (χ2n) is 16.9. The van der Waals surface area contributed by atoms with Crippen LogP contribution in [0.3, 0.4) is 0 Å². The summed E-state index contributed by atoms with van der Waals surface area (Å²) in [5.41, 5.74) is 0. The molecule has 2 fully saturated rings. The molecule has 2 heterocycles. The molecule has 0 aliphatic carbocycles. The van der Waals surface area contributed by atoms with Gasteiger partial charge in [-0.1, -0.05) is 114 Å². The Hall–Kier alpha value is -2.54. The number of hydrogen-bond donors (Lipinski definition) is 7. The molecule has 4 unspecified atom stereocenters. The molecule has 2 aliphatic rings. The Bertz CT molecular complexity index is 1300. The molecule has 0 aromatic heterocycles. The zero-order valence-electron chi connectivity index (χ0n) is 38.8. The van der Waals surface area contributed by atoms with Crippen LogP contribution in [0.1, 0.15) is 155 Å². The molecular formula is C49H84O15. The SMILES string of the molecule is CCCCC/C=C/C/C=C/C/C=C/CCCCC(=O)OC[C@H](CO[C@@H]1O[C@H](CO[C@@H]2O[C@H](CO)[C@H](O)C(O)C2O)[C@H](O)C(O)C1O)OC(=O)CCCCC/C=C/CCCCCCCC. The fourth-order valence-electron chi connectivity index (χ4n) is 7.22. The van der Waals surface area contributed by atoms with Crippen molar-refractivity contribution in [2.24, 2.45) is 0 Å². The molecule has 0 bridgehead atoms. The second-order valence-corrected chi connectivity index (χ2v) is 16.9. The molecule has 0 spiro atoms. The van der Waals surface area contributed by atoms with E-state index in [1.54, 1.807) is 0 Å². The van der Waals surface area contributed by atoms with E-state index in [-0.39, 0.29) is 19.4 Å². The summed E-state index contributed by atoms with van der Waals surface area (Å²) in [6, 6.07) is 0. The number of hydrogen-bond acceptors (Lipinski definition) is 15. The lowest BCUT2D eigenvalue weighted by Crippen LogP contribution is -2.61. The quantitative estimate of drug-likeness (QED) is 0.0220. The van der Waals surface area contributed by atoms with Crippen LogP contribution >= 0.6 is 0 Å². The Labute approximate surface area is 382 Å². The van der Waals surface area contributed by atoms with Crippen molar-refractivity contribution in [2.45, 2.75) is 223 Å². The Balaban J connectivity index is 1.86. The van der Waals surface area contributed by atoms with E-state index < -0.39 is 99.3 Å². The van der Waals surface area contributed by atoms with Gasteiger partial charge in [0.15, 0.2) is 18.7 Å². The van der Waals surface area contributed by atoms with E-state index in [0.717, 1.165) is 57.8 Å². The van der Waals surface area contributed by atoms with Crippen LogP contribution in [-0.4, -0.2) is 142 Å². The van der Waals surface area contributed by atoms with E-state index in [4.69, 9.17) is 28.4 Å². The van der Waals surface area contributed by atoms with E-state index in [9.17, 15) is 45.3 Å². The number of unbranched alkanes of at least 4 members (excludes halogenated alkanes) is 14. The number of ether oxygens (including phenoxy) is 6. The topological polar surface area (TPSA) is 231 Å². The van der Waals surface area contributed by atoms with Crippen molar-refractivity contribution in [2.75, 3.05) is 26.4 Å². The van der Waals surface area contributed by atoms with Crippen LogP contribution < -0.4 is 0 Å². The highest BCUT2D eigenvalue weighted by Crippen LogP contribution is 2.26. The number of aliphatic hydroxyl groups is 7. The van der Waals surface area contributed by atoms with Crippen LogP contribution in [0.2, 0.25) is 0 Å². The number of rotatable bonds is 36. The van der Waals surface area contributed by atoms with Crippen molar-refractivity contribution in [1.29, 1.82) is 0 Å². The largest absolute Gasteiger partial charge is 0.462 e. The normalized spacial score (nSPS) is 27.0. The highest BCUT2D eigenvalue weighted by molar-refractivity contribution is 5.70. The molecule has 64 heavy (non-hydrogen) atoms. The number of carbonyl (C=O) groups excluding carboxylic acids is 2. The first-order chi connectivity index (χ1) is 31.0. The summed E-state index contributed by atoms with van der Waals surface area (Å²) >= 11 is 0. The molecule has 0 saturated carbocycles. The van der Waals surface area contributed by atoms with Crippen molar-refractivity contribution >= 4 is 11.9 Å². The summed E-state index contributed by atoms with van der Waals surface area (Å²) in [5.74, 6) is -0.992. The van der Waals surface area contributed by atoms with Gasteiger partial charge in [-0.2, -0.15) is 0 Å². The molecule has 11 atom stereocenters. The molecule has 0 aromatic carbocycles. The van der Waals surface area contributed by atoms with Gasteiger partial charge < -0.3 is 64.2 Å². The van der Waals surface area contributed by atoms with Gasteiger partial charge in [0.05, 0.1) is 19.8 Å². The molecule has 2 rings (SSSR count). The zero-order chi connectivity index (χ0) is 46.8. The van der Waals surface area contributed by atoms with Gasteiger partial charge in [0, 0.05) is 12.8 Å². The lowest BCUT2D eigenvalue weighted by atomic mass is 9.98. The predicted molar refractivity (Wildman–Crippen MR) is 243 cm³/mol. The first kappa shape index (κ1) is 57.6. The highest BCUT2D eigenvalue weighted by Gasteiger charge is 2.47. The molecule has 2 saturated heterocycles. The van der Waals surface area contributed by atoms with Gasteiger partial charge in [-0.15, -0.1) is 0 Å². The van der Waals surface area contributed by atoms with Crippen LogP contribution in [0, 0.1) is 0 Å². The summed E-state index contributed by atoms with van der Waals surface area (Å²) < 4.78 is 33.4. The Morgan fingerprint density at radius 2 is 0.938 bits per heavy atom. The minimum Gasteiger partial charge on any atom is -0.462 e.